The highest BCUT2D eigenvalue weighted by Crippen LogP contribution is 2.08. The van der Waals surface area contributed by atoms with Gasteiger partial charge in [-0.1, -0.05) is 43.0 Å². The lowest BCUT2D eigenvalue weighted by atomic mass is 10.0. The molecular weight excluding hydrogens is 311 g/mol. The van der Waals surface area contributed by atoms with Gasteiger partial charge in [0.2, 0.25) is 5.91 Å². The van der Waals surface area contributed by atoms with Gasteiger partial charge in [0.15, 0.2) is 0 Å². The summed E-state index contributed by atoms with van der Waals surface area (Å²) in [6.45, 7) is 5.53. The lowest BCUT2D eigenvalue weighted by Gasteiger charge is -2.18. The summed E-state index contributed by atoms with van der Waals surface area (Å²) in [5.41, 5.74) is 6.58. The van der Waals surface area contributed by atoms with E-state index in [0.717, 1.165) is 0 Å². The molecule has 6 heteroatoms. The van der Waals surface area contributed by atoms with Crippen molar-refractivity contribution in [1.82, 2.24) is 5.32 Å². The zero-order chi connectivity index (χ0) is 18.1. The summed E-state index contributed by atoms with van der Waals surface area (Å²) in [5, 5.41) is 11.6. The maximum Gasteiger partial charge on any atom is 0.326 e. The van der Waals surface area contributed by atoms with Crippen molar-refractivity contribution in [2.24, 2.45) is 5.73 Å². The Hall–Kier alpha value is -2.73. The molecule has 1 unspecified atom stereocenters. The third-order valence-electron chi connectivity index (χ3n) is 3.24. The molecule has 4 N–H and O–H groups in total. The number of allylic oxidation sites excluding steroid dienone is 3. The Kier molecular flexibility index (Phi) is 7.58. The van der Waals surface area contributed by atoms with Crippen LogP contribution in [-0.4, -0.2) is 29.1 Å². The van der Waals surface area contributed by atoms with E-state index in [-0.39, 0.29) is 6.42 Å². The third-order valence-corrected chi connectivity index (χ3v) is 3.24. The maximum absolute atomic E-state index is 13.2. The van der Waals surface area contributed by atoms with Crippen LogP contribution in [0.4, 0.5) is 4.39 Å². The van der Waals surface area contributed by atoms with Crippen LogP contribution < -0.4 is 11.1 Å². The first kappa shape index (κ1) is 19.3. The van der Waals surface area contributed by atoms with E-state index >= 15 is 0 Å². The summed E-state index contributed by atoms with van der Waals surface area (Å²) < 4.78 is 13.2. The van der Waals surface area contributed by atoms with Gasteiger partial charge in [-0.3, -0.25) is 4.79 Å². The summed E-state index contributed by atoms with van der Waals surface area (Å²) in [5.74, 6) is -2.36. The van der Waals surface area contributed by atoms with Crippen molar-refractivity contribution in [3.63, 3.8) is 0 Å². The van der Waals surface area contributed by atoms with Crippen molar-refractivity contribution in [2.45, 2.75) is 25.4 Å². The molecule has 1 aromatic rings. The average molecular weight is 332 g/mol. The van der Waals surface area contributed by atoms with Crippen LogP contribution in [0.5, 0.6) is 0 Å². The largest absolute Gasteiger partial charge is 0.480 e. The van der Waals surface area contributed by atoms with E-state index in [1.807, 2.05) is 6.92 Å². The molecule has 0 spiro atoms. The highest BCUT2D eigenvalue weighted by Gasteiger charge is 2.24. The summed E-state index contributed by atoms with van der Waals surface area (Å²) in [6, 6.07) is 3.27. The molecule has 1 rings (SSSR count). The number of aliphatic carboxylic acids is 1. The topological polar surface area (TPSA) is 92.4 Å². The van der Waals surface area contributed by atoms with E-state index in [9.17, 15) is 19.1 Å². The van der Waals surface area contributed by atoms with Gasteiger partial charge in [-0.2, -0.15) is 0 Å². The van der Waals surface area contributed by atoms with Crippen molar-refractivity contribution >= 4 is 11.9 Å². The van der Waals surface area contributed by atoms with Crippen LogP contribution in [0, 0.1) is 5.82 Å². The molecule has 0 aliphatic carbocycles. The molecule has 0 saturated heterocycles. The van der Waals surface area contributed by atoms with Crippen LogP contribution in [0.15, 0.2) is 60.7 Å². The minimum absolute atomic E-state index is 0.0492. The van der Waals surface area contributed by atoms with Crippen molar-refractivity contribution in [1.29, 1.82) is 0 Å². The number of hydrogen-bond donors (Lipinski definition) is 3. The van der Waals surface area contributed by atoms with Gasteiger partial charge in [-0.15, -0.1) is 0 Å². The fourth-order valence-electron chi connectivity index (χ4n) is 1.92. The number of nitrogens with two attached hydrogens (primary N) is 1. The van der Waals surface area contributed by atoms with Crippen LogP contribution in [0.25, 0.3) is 0 Å². The Morgan fingerprint density at radius 2 is 2.12 bits per heavy atom. The number of carbonyl (C=O) groups excluding carboxylic acids is 1. The van der Waals surface area contributed by atoms with Gasteiger partial charge < -0.3 is 16.2 Å². The number of benzene rings is 1. The normalized spacial score (nSPS) is 13.8. The molecule has 1 amide bonds. The molecule has 5 nitrogen and oxygen atoms in total. The molecular formula is C18H21FN2O3. The number of amides is 1. The minimum atomic E-state index is -1.23. The first-order valence-electron chi connectivity index (χ1n) is 7.36. The molecule has 128 valence electrons. The molecule has 0 heterocycles. The molecule has 1 aromatic carbocycles. The second-order valence-corrected chi connectivity index (χ2v) is 5.17. The third kappa shape index (κ3) is 6.18. The van der Waals surface area contributed by atoms with E-state index in [1.54, 1.807) is 30.4 Å². The lowest BCUT2D eigenvalue weighted by Crippen LogP contribution is -2.49. The molecule has 0 aromatic heterocycles. The average Bonchev–Trinajstić information content (AvgIpc) is 2.53. The second kappa shape index (κ2) is 9.42. The van der Waals surface area contributed by atoms with Crippen LogP contribution in [0.3, 0.4) is 0 Å². The minimum Gasteiger partial charge on any atom is -0.480 e. The number of halogens is 1. The fraction of sp³-hybridized carbons (Fsp3) is 0.222. The van der Waals surface area contributed by atoms with Gasteiger partial charge in [0, 0.05) is 6.42 Å². The standard InChI is InChI=1S/C18H21FN2O3/c1-3-4-5-7-12(2)16(20)17(22)21-15(18(23)24)11-13-8-6-9-14(19)10-13/h3-10,15-16H,2,11,20H2,1H3,(H,21,22)(H,23,24)/b4-3-,7-5-/t15?,16-/m0/s1. The highest BCUT2D eigenvalue weighted by molar-refractivity contribution is 5.89. The van der Waals surface area contributed by atoms with Gasteiger partial charge in [0.25, 0.3) is 0 Å². The zero-order valence-electron chi connectivity index (χ0n) is 13.4. The van der Waals surface area contributed by atoms with E-state index in [0.29, 0.717) is 11.1 Å². The molecule has 0 fully saturated rings. The highest BCUT2D eigenvalue weighted by atomic mass is 19.1. The van der Waals surface area contributed by atoms with Crippen LogP contribution in [0.1, 0.15) is 12.5 Å². The molecule has 0 radical (unpaired) electrons. The quantitative estimate of drug-likeness (QED) is 0.635. The van der Waals surface area contributed by atoms with Crippen molar-refractivity contribution in [3.05, 3.63) is 72.1 Å². The summed E-state index contributed by atoms with van der Waals surface area (Å²) in [7, 11) is 0. The Bertz CT molecular complexity index is 668. The molecule has 0 saturated carbocycles. The van der Waals surface area contributed by atoms with Crippen molar-refractivity contribution in [3.8, 4) is 0 Å². The number of carboxylic acids is 1. The van der Waals surface area contributed by atoms with Gasteiger partial charge in [0.1, 0.15) is 17.9 Å². The van der Waals surface area contributed by atoms with E-state index in [2.05, 4.69) is 11.9 Å². The maximum atomic E-state index is 13.2. The SMILES string of the molecule is C=C(/C=C\C=C/C)[C@H](N)C(=O)NC(Cc1cccc(F)c1)C(=O)O. The number of rotatable bonds is 8. The van der Waals surface area contributed by atoms with E-state index < -0.39 is 29.8 Å². The molecule has 0 aliphatic heterocycles. The summed E-state index contributed by atoms with van der Waals surface area (Å²) >= 11 is 0. The van der Waals surface area contributed by atoms with E-state index in [4.69, 9.17) is 5.73 Å². The predicted molar refractivity (Wildman–Crippen MR) is 90.7 cm³/mol. The number of carboxylic acid groups (broad SMARTS) is 1. The molecule has 0 bridgehead atoms. The molecule has 0 aliphatic rings. The van der Waals surface area contributed by atoms with Crippen LogP contribution >= 0.6 is 0 Å². The monoisotopic (exact) mass is 332 g/mol. The molecule has 2 atom stereocenters. The number of hydrogen-bond acceptors (Lipinski definition) is 3. The summed E-state index contributed by atoms with van der Waals surface area (Å²) in [6.07, 6.45) is 6.75. The van der Waals surface area contributed by atoms with E-state index in [1.165, 1.54) is 18.2 Å². The number of carbonyl (C=O) groups is 2. The second-order valence-electron chi connectivity index (χ2n) is 5.17. The predicted octanol–water partition coefficient (Wildman–Crippen LogP) is 1.95. The Morgan fingerprint density at radius 1 is 1.42 bits per heavy atom. The van der Waals surface area contributed by atoms with Crippen molar-refractivity contribution < 1.29 is 19.1 Å². The first-order valence-corrected chi connectivity index (χ1v) is 7.36. The number of nitrogens with one attached hydrogen (secondary N) is 1. The Labute approximate surface area is 140 Å². The lowest BCUT2D eigenvalue weighted by molar-refractivity contribution is -0.141. The van der Waals surface area contributed by atoms with Crippen LogP contribution in [-0.2, 0) is 16.0 Å². The van der Waals surface area contributed by atoms with Gasteiger partial charge in [-0.25, -0.2) is 9.18 Å². The summed E-state index contributed by atoms with van der Waals surface area (Å²) in [4.78, 5) is 23.4. The van der Waals surface area contributed by atoms with Gasteiger partial charge in [-0.05, 0) is 30.2 Å². The molecule has 24 heavy (non-hydrogen) atoms. The van der Waals surface area contributed by atoms with Crippen molar-refractivity contribution in [2.75, 3.05) is 0 Å². The van der Waals surface area contributed by atoms with Gasteiger partial charge >= 0.3 is 5.97 Å². The smallest absolute Gasteiger partial charge is 0.326 e. The Balaban J connectivity index is 2.75. The first-order chi connectivity index (χ1) is 11.3. The zero-order valence-corrected chi connectivity index (χ0v) is 13.4. The Morgan fingerprint density at radius 3 is 2.71 bits per heavy atom. The van der Waals surface area contributed by atoms with Gasteiger partial charge in [0.05, 0.1) is 0 Å². The fourth-order valence-corrected chi connectivity index (χ4v) is 1.92. The van der Waals surface area contributed by atoms with Crippen LogP contribution in [0.2, 0.25) is 0 Å².